The van der Waals surface area contributed by atoms with Crippen molar-refractivity contribution in [3.63, 3.8) is 0 Å². The first-order chi connectivity index (χ1) is 11.0. The molecule has 3 N–H and O–H groups in total. The number of benzene rings is 1. The van der Waals surface area contributed by atoms with E-state index in [9.17, 15) is 20.1 Å². The monoisotopic (exact) mass is 332 g/mol. The van der Waals surface area contributed by atoms with E-state index in [1.54, 1.807) is 13.0 Å². The Hall–Kier alpha value is -1.97. The van der Waals surface area contributed by atoms with E-state index in [1.165, 1.54) is 6.07 Å². The van der Waals surface area contributed by atoms with Crippen molar-refractivity contribution in [3.05, 3.63) is 29.8 Å². The van der Waals surface area contributed by atoms with Gasteiger partial charge in [-0.15, -0.1) is 0 Å². The number of rotatable bonds is 4. The van der Waals surface area contributed by atoms with Crippen molar-refractivity contribution >= 4 is 11.5 Å². The van der Waals surface area contributed by atoms with E-state index in [0.29, 0.717) is 16.7 Å². The van der Waals surface area contributed by atoms with Crippen LogP contribution in [0.5, 0.6) is 11.5 Å². The van der Waals surface area contributed by atoms with Crippen LogP contribution in [0.2, 0.25) is 0 Å². The van der Waals surface area contributed by atoms with Crippen molar-refractivity contribution in [1.82, 2.24) is 0 Å². The van der Waals surface area contributed by atoms with Crippen LogP contribution in [0.1, 0.15) is 64.5 Å². The summed E-state index contributed by atoms with van der Waals surface area (Å²) in [4.78, 5) is 11.4. The molecule has 0 amide bonds. The molecule has 132 valence electrons. The van der Waals surface area contributed by atoms with Crippen LogP contribution in [0.25, 0.3) is 5.57 Å². The zero-order valence-electron chi connectivity index (χ0n) is 15.0. The Morgan fingerprint density at radius 3 is 2.38 bits per heavy atom. The minimum absolute atomic E-state index is 0.0476. The molecule has 4 heteroatoms. The molecule has 0 unspecified atom stereocenters. The number of carbonyl (C=O) groups is 1. The summed E-state index contributed by atoms with van der Waals surface area (Å²) in [6.45, 7) is 11.8. The molecule has 1 aliphatic rings. The maximum Gasteiger partial charge on any atom is 0.303 e. The number of hydrogen-bond acceptors (Lipinski definition) is 3. The standard InChI is InChI=1S/C20H28O4/c1-12(2)13-9-16(22)14(10-15(13)21)20(5)8-6-7-19(3,4)17(20)11-18(23)24/h9-10,17,21-22H,1,6-8,11H2,2-5H3,(H,23,24)/t17-,20-/m1/s1. The summed E-state index contributed by atoms with van der Waals surface area (Å²) >= 11 is 0. The van der Waals surface area contributed by atoms with Gasteiger partial charge in [-0.25, -0.2) is 0 Å². The van der Waals surface area contributed by atoms with Crippen molar-refractivity contribution in [3.8, 4) is 11.5 Å². The van der Waals surface area contributed by atoms with Gasteiger partial charge < -0.3 is 15.3 Å². The van der Waals surface area contributed by atoms with Crippen molar-refractivity contribution in [2.24, 2.45) is 11.3 Å². The molecule has 1 saturated carbocycles. The normalized spacial score (nSPS) is 26.1. The second-order valence-corrected chi connectivity index (χ2v) is 8.08. The summed E-state index contributed by atoms with van der Waals surface area (Å²) in [5, 5.41) is 30.3. The topological polar surface area (TPSA) is 77.8 Å². The maximum atomic E-state index is 11.4. The molecule has 0 radical (unpaired) electrons. The molecule has 0 heterocycles. The smallest absolute Gasteiger partial charge is 0.303 e. The van der Waals surface area contributed by atoms with Crippen LogP contribution in [-0.4, -0.2) is 21.3 Å². The fourth-order valence-electron chi connectivity index (χ4n) is 4.50. The Morgan fingerprint density at radius 1 is 1.21 bits per heavy atom. The van der Waals surface area contributed by atoms with E-state index in [0.717, 1.165) is 19.3 Å². The van der Waals surface area contributed by atoms with E-state index in [4.69, 9.17) is 0 Å². The van der Waals surface area contributed by atoms with Crippen molar-refractivity contribution in [1.29, 1.82) is 0 Å². The number of aliphatic carboxylic acids is 1. The zero-order valence-corrected chi connectivity index (χ0v) is 15.0. The first kappa shape index (κ1) is 18.4. The van der Waals surface area contributed by atoms with Gasteiger partial charge in [-0.2, -0.15) is 0 Å². The summed E-state index contributed by atoms with van der Waals surface area (Å²) in [5.74, 6) is -0.781. The van der Waals surface area contributed by atoms with E-state index in [-0.39, 0.29) is 29.3 Å². The Kier molecular flexibility index (Phi) is 4.71. The van der Waals surface area contributed by atoms with Crippen molar-refractivity contribution in [2.75, 3.05) is 0 Å². The molecule has 0 saturated heterocycles. The highest BCUT2D eigenvalue weighted by Crippen LogP contribution is 2.56. The molecule has 0 spiro atoms. The predicted octanol–water partition coefficient (Wildman–Crippen LogP) is 4.69. The van der Waals surface area contributed by atoms with Gasteiger partial charge >= 0.3 is 5.97 Å². The molecule has 1 aromatic rings. The zero-order chi connectivity index (χ0) is 18.3. The third-order valence-corrected chi connectivity index (χ3v) is 5.80. The van der Waals surface area contributed by atoms with E-state index in [2.05, 4.69) is 20.4 Å². The van der Waals surface area contributed by atoms with Crippen LogP contribution in [0.15, 0.2) is 18.7 Å². The predicted molar refractivity (Wildman–Crippen MR) is 95.2 cm³/mol. The fraction of sp³-hybridized carbons (Fsp3) is 0.550. The maximum absolute atomic E-state index is 11.4. The lowest BCUT2D eigenvalue weighted by Gasteiger charge is -2.51. The minimum Gasteiger partial charge on any atom is -0.508 e. The highest BCUT2D eigenvalue weighted by atomic mass is 16.4. The highest BCUT2D eigenvalue weighted by Gasteiger charge is 2.49. The number of phenols is 2. The Balaban J connectivity index is 2.60. The van der Waals surface area contributed by atoms with Crippen molar-refractivity contribution in [2.45, 2.75) is 58.8 Å². The summed E-state index contributed by atoms with van der Waals surface area (Å²) in [6.07, 6.45) is 2.75. The lowest BCUT2D eigenvalue weighted by Crippen LogP contribution is -2.46. The quantitative estimate of drug-likeness (QED) is 0.699. The Morgan fingerprint density at radius 2 is 1.83 bits per heavy atom. The van der Waals surface area contributed by atoms with Crippen LogP contribution >= 0.6 is 0 Å². The lowest BCUT2D eigenvalue weighted by atomic mass is 9.53. The van der Waals surface area contributed by atoms with E-state index in [1.807, 2.05) is 6.92 Å². The Bertz CT molecular complexity index is 674. The van der Waals surface area contributed by atoms with Gasteiger partial charge in [0.1, 0.15) is 11.5 Å². The third-order valence-electron chi connectivity index (χ3n) is 5.80. The number of aromatic hydroxyl groups is 2. The van der Waals surface area contributed by atoms with Gasteiger partial charge in [0.25, 0.3) is 0 Å². The number of hydrogen-bond donors (Lipinski definition) is 3. The first-order valence-electron chi connectivity index (χ1n) is 8.43. The minimum atomic E-state index is -0.830. The molecule has 4 nitrogen and oxygen atoms in total. The summed E-state index contributed by atoms with van der Waals surface area (Å²) in [5.41, 5.74) is 1.16. The molecule has 0 bridgehead atoms. The average molecular weight is 332 g/mol. The second kappa shape index (κ2) is 6.15. The fourth-order valence-corrected chi connectivity index (χ4v) is 4.50. The van der Waals surface area contributed by atoms with Gasteiger partial charge in [0.15, 0.2) is 0 Å². The molecule has 1 fully saturated rings. The Labute approximate surface area is 143 Å². The number of carboxylic acid groups (broad SMARTS) is 1. The molecule has 24 heavy (non-hydrogen) atoms. The van der Waals surface area contributed by atoms with Crippen LogP contribution in [-0.2, 0) is 10.2 Å². The molecular weight excluding hydrogens is 304 g/mol. The van der Waals surface area contributed by atoms with Gasteiger partial charge in [0, 0.05) is 23.0 Å². The molecule has 2 atom stereocenters. The van der Waals surface area contributed by atoms with Gasteiger partial charge in [0.05, 0.1) is 0 Å². The number of phenolic OH excluding ortho intramolecular Hbond substituents is 2. The van der Waals surface area contributed by atoms with Gasteiger partial charge in [-0.3, -0.25) is 4.79 Å². The van der Waals surface area contributed by atoms with Crippen LogP contribution < -0.4 is 0 Å². The average Bonchev–Trinajstić information content (AvgIpc) is 2.44. The number of carboxylic acids is 1. The molecule has 0 aliphatic heterocycles. The summed E-state index contributed by atoms with van der Waals surface area (Å²) in [7, 11) is 0. The van der Waals surface area contributed by atoms with E-state index < -0.39 is 11.4 Å². The molecular formula is C20H28O4. The SMILES string of the molecule is C=C(C)c1cc(O)c([C@@]2(C)CCCC(C)(C)[C@H]2CC(=O)O)cc1O. The summed E-state index contributed by atoms with van der Waals surface area (Å²) < 4.78 is 0. The van der Waals surface area contributed by atoms with Crippen LogP contribution in [0, 0.1) is 11.3 Å². The van der Waals surface area contributed by atoms with Gasteiger partial charge in [-0.05, 0) is 48.8 Å². The van der Waals surface area contributed by atoms with Crippen LogP contribution in [0.3, 0.4) is 0 Å². The molecule has 1 aromatic carbocycles. The molecule has 2 rings (SSSR count). The van der Waals surface area contributed by atoms with Crippen LogP contribution in [0.4, 0.5) is 0 Å². The largest absolute Gasteiger partial charge is 0.508 e. The molecule has 0 aromatic heterocycles. The number of allylic oxidation sites excluding steroid dienone is 1. The second-order valence-electron chi connectivity index (χ2n) is 8.08. The van der Waals surface area contributed by atoms with Gasteiger partial charge in [-0.1, -0.05) is 33.8 Å². The van der Waals surface area contributed by atoms with Gasteiger partial charge in [0.2, 0.25) is 0 Å². The lowest BCUT2D eigenvalue weighted by molar-refractivity contribution is -0.141. The summed E-state index contributed by atoms with van der Waals surface area (Å²) in [6, 6.07) is 3.13. The molecule has 1 aliphatic carbocycles. The first-order valence-corrected chi connectivity index (χ1v) is 8.43. The van der Waals surface area contributed by atoms with E-state index >= 15 is 0 Å². The highest BCUT2D eigenvalue weighted by molar-refractivity contribution is 5.70. The van der Waals surface area contributed by atoms with Crippen molar-refractivity contribution < 1.29 is 20.1 Å². The third kappa shape index (κ3) is 3.14.